The SMILES string of the molecule is CNc1ccc(-c2ccc3c(c2)c2ccccc2n3-c2ccccc2)cc1-c1ccccc1CCNC/C(=C\N)c1ccc(-c2ccc(S(C)(c3ccccc3)c3ccccc3)cc2)cc1. The summed E-state index contributed by atoms with van der Waals surface area (Å²) in [4.78, 5) is 4.06. The standard InChI is InChI=1S/C61H54N4S/c1-63-59-36-32-48(49-33-37-61-58(41-49)56-24-14-15-25-60(56)65(61)51-17-6-3-7-18-51)40-57(59)55-23-13-12-16-47(55)38-39-64-43-50(42-62)46-28-26-44(27-29-46)45-30-34-54(35-31-45)66(2,52-19-8-4-9-20-52)53-21-10-5-11-22-53/h3-37,40-42,63-64H,38-39,43,62H2,1-2H3/b50-42+. The van der Waals surface area contributed by atoms with Gasteiger partial charge in [0.05, 0.1) is 11.0 Å². The van der Waals surface area contributed by atoms with Crippen molar-refractivity contribution in [3.05, 3.63) is 242 Å². The van der Waals surface area contributed by atoms with Crippen LogP contribution >= 0.6 is 10.0 Å². The molecule has 0 bridgehead atoms. The van der Waals surface area contributed by atoms with Gasteiger partial charge in [-0.3, -0.25) is 0 Å². The Morgan fingerprint density at radius 3 is 1.74 bits per heavy atom. The molecule has 324 valence electrons. The van der Waals surface area contributed by atoms with E-state index in [1.54, 1.807) is 6.20 Å². The van der Waals surface area contributed by atoms with Gasteiger partial charge in [0, 0.05) is 41.3 Å². The van der Waals surface area contributed by atoms with E-state index in [-0.39, 0.29) is 0 Å². The number of anilines is 1. The second-order valence-electron chi connectivity index (χ2n) is 16.9. The van der Waals surface area contributed by atoms with Crippen LogP contribution in [0.5, 0.6) is 0 Å². The molecule has 0 unspecified atom stereocenters. The van der Waals surface area contributed by atoms with E-state index < -0.39 is 10.0 Å². The minimum absolute atomic E-state index is 0.674. The molecule has 10 rings (SSSR count). The predicted molar refractivity (Wildman–Crippen MR) is 283 cm³/mol. The summed E-state index contributed by atoms with van der Waals surface area (Å²) in [5.41, 5.74) is 21.6. The van der Waals surface area contributed by atoms with Gasteiger partial charge in [-0.1, -0.05) is 146 Å². The molecule has 0 amide bonds. The van der Waals surface area contributed by atoms with Gasteiger partial charge in [-0.05, 0) is 163 Å². The van der Waals surface area contributed by atoms with Crippen LogP contribution in [0.2, 0.25) is 0 Å². The van der Waals surface area contributed by atoms with Gasteiger partial charge >= 0.3 is 0 Å². The molecule has 0 radical (unpaired) electrons. The van der Waals surface area contributed by atoms with Crippen LogP contribution in [-0.4, -0.2) is 31.0 Å². The van der Waals surface area contributed by atoms with E-state index in [1.807, 2.05) is 7.05 Å². The van der Waals surface area contributed by atoms with Crippen molar-refractivity contribution in [3.63, 3.8) is 0 Å². The number of nitrogens with one attached hydrogen (secondary N) is 2. The number of benzene rings is 9. The minimum Gasteiger partial charge on any atom is -0.404 e. The van der Waals surface area contributed by atoms with Crippen molar-refractivity contribution in [2.45, 2.75) is 21.1 Å². The molecular weight excluding hydrogens is 821 g/mol. The minimum atomic E-state index is -1.41. The van der Waals surface area contributed by atoms with Gasteiger partial charge in [0.25, 0.3) is 0 Å². The second-order valence-corrected chi connectivity index (χ2v) is 20.1. The fourth-order valence-corrected chi connectivity index (χ4v) is 12.4. The number of para-hydroxylation sites is 2. The van der Waals surface area contributed by atoms with Crippen molar-refractivity contribution in [2.75, 3.05) is 31.7 Å². The average Bonchev–Trinajstić information content (AvgIpc) is 3.73. The first kappa shape index (κ1) is 42.4. The van der Waals surface area contributed by atoms with Crippen LogP contribution in [0.15, 0.2) is 245 Å². The first-order chi connectivity index (χ1) is 32.5. The lowest BCUT2D eigenvalue weighted by Gasteiger charge is -2.37. The highest BCUT2D eigenvalue weighted by Gasteiger charge is 2.25. The number of rotatable bonds is 14. The lowest BCUT2D eigenvalue weighted by Crippen LogP contribution is -2.20. The first-order valence-electron chi connectivity index (χ1n) is 22.7. The van der Waals surface area contributed by atoms with Crippen molar-refractivity contribution in [1.29, 1.82) is 0 Å². The van der Waals surface area contributed by atoms with E-state index in [0.29, 0.717) is 6.54 Å². The molecule has 0 fully saturated rings. The number of nitrogens with zero attached hydrogens (tertiary/aromatic N) is 1. The van der Waals surface area contributed by atoms with E-state index in [1.165, 1.54) is 75.4 Å². The molecular formula is C61H54N4S. The van der Waals surface area contributed by atoms with E-state index in [9.17, 15) is 0 Å². The van der Waals surface area contributed by atoms with Gasteiger partial charge in [-0.2, -0.15) is 10.0 Å². The molecule has 4 N–H and O–H groups in total. The predicted octanol–water partition coefficient (Wildman–Crippen LogP) is 14.9. The lowest BCUT2D eigenvalue weighted by atomic mass is 9.92. The number of fused-ring (bicyclic) bond motifs is 3. The van der Waals surface area contributed by atoms with Gasteiger partial charge < -0.3 is 20.9 Å². The van der Waals surface area contributed by atoms with Gasteiger partial charge in [0.2, 0.25) is 0 Å². The second kappa shape index (κ2) is 18.9. The molecule has 9 aromatic carbocycles. The van der Waals surface area contributed by atoms with Crippen molar-refractivity contribution >= 4 is 43.1 Å². The topological polar surface area (TPSA) is 55.0 Å². The molecule has 0 saturated carbocycles. The molecule has 5 heteroatoms. The van der Waals surface area contributed by atoms with Gasteiger partial charge in [-0.15, -0.1) is 0 Å². The summed E-state index contributed by atoms with van der Waals surface area (Å²) in [5.74, 6) is 0. The third-order valence-corrected chi connectivity index (χ3v) is 16.7. The first-order valence-corrected chi connectivity index (χ1v) is 24.8. The maximum Gasteiger partial charge on any atom is 0.0541 e. The molecule has 0 aliphatic rings. The molecule has 1 aromatic heterocycles. The third kappa shape index (κ3) is 8.20. The van der Waals surface area contributed by atoms with Crippen molar-refractivity contribution in [3.8, 4) is 39.1 Å². The Hall–Kier alpha value is -7.57. The quantitative estimate of drug-likeness (QED) is 0.0954. The van der Waals surface area contributed by atoms with Crippen LogP contribution in [0.4, 0.5) is 5.69 Å². The molecule has 4 nitrogen and oxygen atoms in total. The zero-order valence-corrected chi connectivity index (χ0v) is 38.3. The molecule has 0 aliphatic carbocycles. The monoisotopic (exact) mass is 874 g/mol. The molecule has 0 saturated heterocycles. The van der Waals surface area contributed by atoms with Gasteiger partial charge in [0.1, 0.15) is 0 Å². The summed E-state index contributed by atoms with van der Waals surface area (Å²) in [6, 6.07) is 81.6. The summed E-state index contributed by atoms with van der Waals surface area (Å²) >= 11 is 0. The molecule has 66 heavy (non-hydrogen) atoms. The normalized spacial score (nSPS) is 12.1. The van der Waals surface area contributed by atoms with E-state index in [0.717, 1.165) is 35.5 Å². The Morgan fingerprint density at radius 1 is 0.515 bits per heavy atom. The molecule has 10 aromatic rings. The Balaban J connectivity index is 0.834. The van der Waals surface area contributed by atoms with Crippen molar-refractivity contribution in [1.82, 2.24) is 9.88 Å². The zero-order valence-electron chi connectivity index (χ0n) is 37.5. The highest BCUT2D eigenvalue weighted by atomic mass is 32.3. The Kier molecular flexibility index (Phi) is 12.1. The summed E-state index contributed by atoms with van der Waals surface area (Å²) in [6.07, 6.45) is 5.02. The number of nitrogens with two attached hydrogens (primary N) is 1. The van der Waals surface area contributed by atoms with E-state index in [2.05, 4.69) is 246 Å². The van der Waals surface area contributed by atoms with Crippen LogP contribution in [0.1, 0.15) is 11.1 Å². The number of aromatic nitrogens is 1. The smallest absolute Gasteiger partial charge is 0.0541 e. The van der Waals surface area contributed by atoms with Crippen LogP contribution in [0.25, 0.3) is 66.4 Å². The highest BCUT2D eigenvalue weighted by Crippen LogP contribution is 2.65. The summed E-state index contributed by atoms with van der Waals surface area (Å²) in [5, 5.41) is 9.68. The highest BCUT2D eigenvalue weighted by molar-refractivity contribution is 8.33. The molecule has 1 heterocycles. The summed E-state index contributed by atoms with van der Waals surface area (Å²) in [6.45, 7) is 1.48. The summed E-state index contributed by atoms with van der Waals surface area (Å²) in [7, 11) is 0.599. The van der Waals surface area contributed by atoms with Crippen LogP contribution < -0.4 is 16.4 Å². The van der Waals surface area contributed by atoms with Crippen molar-refractivity contribution in [2.24, 2.45) is 5.73 Å². The fourth-order valence-electron chi connectivity index (χ4n) is 9.47. The van der Waals surface area contributed by atoms with Gasteiger partial charge in [0.15, 0.2) is 0 Å². The molecule has 0 atom stereocenters. The lowest BCUT2D eigenvalue weighted by molar-refractivity contribution is 0.751. The largest absolute Gasteiger partial charge is 0.404 e. The van der Waals surface area contributed by atoms with Crippen LogP contribution in [-0.2, 0) is 6.42 Å². The molecule has 0 aliphatic heterocycles. The van der Waals surface area contributed by atoms with Crippen LogP contribution in [0, 0.1) is 0 Å². The Bertz CT molecular complexity index is 3240. The number of hydrogen-bond acceptors (Lipinski definition) is 3. The van der Waals surface area contributed by atoms with Crippen molar-refractivity contribution < 1.29 is 0 Å². The van der Waals surface area contributed by atoms with Gasteiger partial charge in [-0.25, -0.2) is 0 Å². The maximum atomic E-state index is 6.27. The van der Waals surface area contributed by atoms with E-state index >= 15 is 0 Å². The van der Waals surface area contributed by atoms with Crippen LogP contribution in [0.3, 0.4) is 0 Å². The fraction of sp³-hybridized carbons (Fsp3) is 0.0820. The Morgan fingerprint density at radius 2 is 1.06 bits per heavy atom. The summed E-state index contributed by atoms with van der Waals surface area (Å²) < 4.78 is 2.37. The van der Waals surface area contributed by atoms with E-state index in [4.69, 9.17) is 5.73 Å². The average molecular weight is 875 g/mol. The Labute approximate surface area is 390 Å². The maximum absolute atomic E-state index is 6.27. The molecule has 0 spiro atoms. The third-order valence-electron chi connectivity index (χ3n) is 13.0. The zero-order chi connectivity index (χ0) is 44.9. The number of hydrogen-bond donors (Lipinski definition) is 3.